The first-order chi connectivity index (χ1) is 5.74. The fraction of sp³-hybridized carbons (Fsp3) is 0.273. The van der Waals surface area contributed by atoms with Crippen LogP contribution in [-0.2, 0) is 0 Å². The van der Waals surface area contributed by atoms with E-state index in [9.17, 15) is 0 Å². The highest BCUT2D eigenvalue weighted by atomic mass is 14.5. The third-order valence-electron chi connectivity index (χ3n) is 1.66. The summed E-state index contributed by atoms with van der Waals surface area (Å²) >= 11 is 0. The summed E-state index contributed by atoms with van der Waals surface area (Å²) in [5.41, 5.74) is 8.63. The van der Waals surface area contributed by atoms with Crippen LogP contribution < -0.4 is 5.73 Å². The molecule has 0 saturated heterocycles. The molecule has 0 aromatic heterocycles. The fourth-order valence-electron chi connectivity index (χ4n) is 0.958. The Bertz CT molecular complexity index is 329. The van der Waals surface area contributed by atoms with E-state index in [1.165, 1.54) is 5.56 Å². The molecule has 12 heavy (non-hydrogen) atoms. The highest BCUT2D eigenvalue weighted by Crippen LogP contribution is 2.10. The van der Waals surface area contributed by atoms with Crippen molar-refractivity contribution in [2.24, 2.45) is 0 Å². The number of aryl methyl sites for hydroxylation is 1. The average Bonchev–Trinajstić information content (AvgIpc) is 2.07. The largest absolute Gasteiger partial charge is 0.399 e. The van der Waals surface area contributed by atoms with Crippen molar-refractivity contribution < 1.29 is 0 Å². The standard InChI is InChI=1S/C11H13N/c1-3-4-5-10-8-11(12)7-6-9(10)2/h6-8H,3,12H2,1-2H3. The summed E-state index contributed by atoms with van der Waals surface area (Å²) in [6.07, 6.45) is 0.883. The van der Waals surface area contributed by atoms with Crippen LogP contribution in [0.15, 0.2) is 18.2 Å². The van der Waals surface area contributed by atoms with Gasteiger partial charge in [-0.15, -0.1) is 0 Å². The van der Waals surface area contributed by atoms with Gasteiger partial charge in [0.25, 0.3) is 0 Å². The van der Waals surface area contributed by atoms with Gasteiger partial charge < -0.3 is 5.73 Å². The Labute approximate surface area is 73.6 Å². The maximum Gasteiger partial charge on any atom is 0.0326 e. The number of benzene rings is 1. The maximum atomic E-state index is 5.63. The lowest BCUT2D eigenvalue weighted by Gasteiger charge is -1.98. The summed E-state index contributed by atoms with van der Waals surface area (Å²) in [6.45, 7) is 4.08. The van der Waals surface area contributed by atoms with E-state index in [1.807, 2.05) is 32.0 Å². The number of anilines is 1. The van der Waals surface area contributed by atoms with E-state index in [0.717, 1.165) is 17.7 Å². The molecular formula is C11H13N. The molecule has 0 heterocycles. The maximum absolute atomic E-state index is 5.63. The summed E-state index contributed by atoms with van der Waals surface area (Å²) in [5.74, 6) is 6.10. The van der Waals surface area contributed by atoms with Crippen molar-refractivity contribution in [3.8, 4) is 11.8 Å². The normalized spacial score (nSPS) is 8.83. The number of nitrogens with two attached hydrogens (primary N) is 1. The second kappa shape index (κ2) is 3.82. The molecule has 1 aromatic rings. The topological polar surface area (TPSA) is 26.0 Å². The average molecular weight is 159 g/mol. The first-order valence-electron chi connectivity index (χ1n) is 4.09. The molecule has 1 aromatic carbocycles. The molecule has 0 unspecified atom stereocenters. The Morgan fingerprint density at radius 2 is 2.17 bits per heavy atom. The van der Waals surface area contributed by atoms with E-state index in [1.54, 1.807) is 0 Å². The van der Waals surface area contributed by atoms with Crippen LogP contribution in [-0.4, -0.2) is 0 Å². The molecule has 0 radical (unpaired) electrons. The predicted molar refractivity (Wildman–Crippen MR) is 52.8 cm³/mol. The fourth-order valence-corrected chi connectivity index (χ4v) is 0.958. The van der Waals surface area contributed by atoms with E-state index in [0.29, 0.717) is 0 Å². The zero-order valence-electron chi connectivity index (χ0n) is 7.52. The Kier molecular flexibility index (Phi) is 2.76. The molecule has 62 valence electrons. The van der Waals surface area contributed by atoms with Gasteiger partial charge in [-0.1, -0.05) is 24.8 Å². The Morgan fingerprint density at radius 1 is 1.42 bits per heavy atom. The van der Waals surface area contributed by atoms with Gasteiger partial charge >= 0.3 is 0 Å². The van der Waals surface area contributed by atoms with Crippen molar-refractivity contribution in [3.05, 3.63) is 29.3 Å². The minimum atomic E-state index is 0.779. The SMILES string of the molecule is CCC#Cc1cc(N)ccc1C. The lowest BCUT2D eigenvalue weighted by atomic mass is 10.1. The summed E-state index contributed by atoms with van der Waals surface area (Å²) in [7, 11) is 0. The molecular weight excluding hydrogens is 146 g/mol. The van der Waals surface area contributed by atoms with Crippen molar-refractivity contribution in [1.82, 2.24) is 0 Å². The number of hydrogen-bond donors (Lipinski definition) is 1. The van der Waals surface area contributed by atoms with Gasteiger partial charge in [-0.25, -0.2) is 0 Å². The van der Waals surface area contributed by atoms with Gasteiger partial charge in [0.15, 0.2) is 0 Å². The number of hydrogen-bond acceptors (Lipinski definition) is 1. The smallest absolute Gasteiger partial charge is 0.0326 e. The molecule has 0 spiro atoms. The van der Waals surface area contributed by atoms with E-state index in [4.69, 9.17) is 5.73 Å². The molecule has 0 bridgehead atoms. The molecule has 0 aliphatic carbocycles. The van der Waals surface area contributed by atoms with Crippen molar-refractivity contribution >= 4 is 5.69 Å². The van der Waals surface area contributed by atoms with Crippen molar-refractivity contribution in [3.63, 3.8) is 0 Å². The molecule has 1 nitrogen and oxygen atoms in total. The zero-order valence-corrected chi connectivity index (χ0v) is 7.52. The van der Waals surface area contributed by atoms with Crippen LogP contribution in [0.1, 0.15) is 24.5 Å². The summed E-state index contributed by atoms with van der Waals surface area (Å²) in [4.78, 5) is 0. The Hall–Kier alpha value is -1.42. The van der Waals surface area contributed by atoms with E-state index in [2.05, 4.69) is 11.8 Å². The van der Waals surface area contributed by atoms with Gasteiger partial charge in [-0.05, 0) is 24.6 Å². The molecule has 0 fully saturated rings. The minimum absolute atomic E-state index is 0.779. The van der Waals surface area contributed by atoms with Gasteiger partial charge in [0.05, 0.1) is 0 Å². The molecule has 0 saturated carbocycles. The second-order valence-electron chi connectivity index (χ2n) is 2.73. The molecule has 1 heteroatoms. The summed E-state index contributed by atoms with van der Waals surface area (Å²) in [6, 6.07) is 5.81. The van der Waals surface area contributed by atoms with Gasteiger partial charge in [0.2, 0.25) is 0 Å². The van der Waals surface area contributed by atoms with Crippen molar-refractivity contribution in [1.29, 1.82) is 0 Å². The quantitative estimate of drug-likeness (QED) is 0.456. The second-order valence-corrected chi connectivity index (χ2v) is 2.73. The summed E-state index contributed by atoms with van der Waals surface area (Å²) < 4.78 is 0. The molecule has 0 aliphatic heterocycles. The first kappa shape index (κ1) is 8.67. The number of nitrogen functional groups attached to an aromatic ring is 1. The van der Waals surface area contributed by atoms with E-state index >= 15 is 0 Å². The van der Waals surface area contributed by atoms with Gasteiger partial charge in [-0.3, -0.25) is 0 Å². The Morgan fingerprint density at radius 3 is 2.83 bits per heavy atom. The lowest BCUT2D eigenvalue weighted by molar-refractivity contribution is 1.28. The predicted octanol–water partition coefficient (Wildman–Crippen LogP) is 2.34. The highest BCUT2D eigenvalue weighted by Gasteiger charge is 1.93. The molecule has 0 aliphatic rings. The van der Waals surface area contributed by atoms with Gasteiger partial charge in [-0.2, -0.15) is 0 Å². The highest BCUT2D eigenvalue weighted by molar-refractivity contribution is 5.51. The van der Waals surface area contributed by atoms with Gasteiger partial charge in [0, 0.05) is 17.7 Å². The van der Waals surface area contributed by atoms with Crippen molar-refractivity contribution in [2.45, 2.75) is 20.3 Å². The van der Waals surface area contributed by atoms with Crippen LogP contribution in [0.2, 0.25) is 0 Å². The molecule has 1 rings (SSSR count). The van der Waals surface area contributed by atoms with Crippen molar-refractivity contribution in [2.75, 3.05) is 5.73 Å². The van der Waals surface area contributed by atoms with E-state index < -0.39 is 0 Å². The zero-order chi connectivity index (χ0) is 8.97. The van der Waals surface area contributed by atoms with Crippen LogP contribution >= 0.6 is 0 Å². The third kappa shape index (κ3) is 2.03. The summed E-state index contributed by atoms with van der Waals surface area (Å²) in [5, 5.41) is 0. The number of rotatable bonds is 0. The molecule has 2 N–H and O–H groups in total. The Balaban J connectivity index is 3.05. The van der Waals surface area contributed by atoms with E-state index in [-0.39, 0.29) is 0 Å². The monoisotopic (exact) mass is 159 g/mol. The van der Waals surface area contributed by atoms with Crippen LogP contribution in [0.25, 0.3) is 0 Å². The molecule has 0 atom stereocenters. The van der Waals surface area contributed by atoms with Crippen LogP contribution in [0.3, 0.4) is 0 Å². The first-order valence-corrected chi connectivity index (χ1v) is 4.09. The van der Waals surface area contributed by atoms with Gasteiger partial charge in [0.1, 0.15) is 0 Å². The minimum Gasteiger partial charge on any atom is -0.399 e. The lowest BCUT2D eigenvalue weighted by Crippen LogP contribution is -1.88. The van der Waals surface area contributed by atoms with Crippen LogP contribution in [0.4, 0.5) is 5.69 Å². The van der Waals surface area contributed by atoms with Crippen LogP contribution in [0, 0.1) is 18.8 Å². The van der Waals surface area contributed by atoms with Crippen LogP contribution in [0.5, 0.6) is 0 Å². The third-order valence-corrected chi connectivity index (χ3v) is 1.66. The molecule has 0 amide bonds.